The zero-order valence-corrected chi connectivity index (χ0v) is 21.5. The van der Waals surface area contributed by atoms with Gasteiger partial charge < -0.3 is 10.1 Å². The van der Waals surface area contributed by atoms with Crippen molar-refractivity contribution in [2.45, 2.75) is 13.8 Å². The lowest BCUT2D eigenvalue weighted by Gasteiger charge is -2.12. The van der Waals surface area contributed by atoms with Gasteiger partial charge in [-0.05, 0) is 50.2 Å². The van der Waals surface area contributed by atoms with Crippen LogP contribution in [0.15, 0.2) is 72.8 Å². The number of nitro groups is 1. The number of ether oxygens (including phenoxy) is 1. The number of halogens is 1. The smallest absolute Gasteiger partial charge is 0.275 e. The fourth-order valence-electron chi connectivity index (χ4n) is 4.29. The number of pyridine rings is 1. The molecule has 1 N–H and O–H groups in total. The first-order valence-corrected chi connectivity index (χ1v) is 12.0. The standard InChI is InChI=1S/C28H22ClN5O4/c1-16-27(17(2)33(3)32-16)26-15-24(23-6-4-5-7-25(23)31-26)28(35)30-19-12-20(34(36)37)14-22(13-19)38-21-10-8-18(29)9-11-21/h4-15H,1-3H3,(H,30,35). The number of non-ortho nitro benzene ring substituents is 1. The second-order valence-corrected chi connectivity index (χ2v) is 9.16. The number of nitro benzene ring substituents is 1. The van der Waals surface area contributed by atoms with Crippen LogP contribution in [-0.4, -0.2) is 25.6 Å². The largest absolute Gasteiger partial charge is 0.457 e. The molecule has 0 saturated heterocycles. The number of hydrogen-bond donors (Lipinski definition) is 1. The first-order chi connectivity index (χ1) is 18.2. The van der Waals surface area contributed by atoms with Crippen LogP contribution in [0.2, 0.25) is 5.02 Å². The third kappa shape index (κ3) is 4.91. The number of aryl methyl sites for hydroxylation is 2. The van der Waals surface area contributed by atoms with Gasteiger partial charge in [0.2, 0.25) is 0 Å². The lowest BCUT2D eigenvalue weighted by atomic mass is 10.0. The zero-order chi connectivity index (χ0) is 27.0. The summed E-state index contributed by atoms with van der Waals surface area (Å²) < 4.78 is 7.56. The summed E-state index contributed by atoms with van der Waals surface area (Å²) >= 11 is 5.93. The predicted molar refractivity (Wildman–Crippen MR) is 146 cm³/mol. The molecule has 0 aliphatic rings. The van der Waals surface area contributed by atoms with Crippen molar-refractivity contribution in [2.75, 3.05) is 5.32 Å². The molecule has 5 rings (SSSR count). The molecule has 0 aliphatic carbocycles. The monoisotopic (exact) mass is 527 g/mol. The van der Waals surface area contributed by atoms with E-state index in [4.69, 9.17) is 21.3 Å². The Balaban J connectivity index is 1.55. The van der Waals surface area contributed by atoms with Gasteiger partial charge in [-0.1, -0.05) is 29.8 Å². The van der Waals surface area contributed by atoms with Gasteiger partial charge in [0.15, 0.2) is 0 Å². The van der Waals surface area contributed by atoms with Gasteiger partial charge in [-0.3, -0.25) is 19.6 Å². The van der Waals surface area contributed by atoms with Crippen molar-refractivity contribution in [3.05, 3.63) is 105 Å². The lowest BCUT2D eigenvalue weighted by molar-refractivity contribution is -0.384. The number of nitrogens with one attached hydrogen (secondary N) is 1. The Morgan fingerprint density at radius 3 is 2.45 bits per heavy atom. The number of anilines is 1. The Hall–Kier alpha value is -4.76. The Kier molecular flexibility index (Phi) is 6.52. The molecule has 5 aromatic rings. The number of carbonyl (C=O) groups is 1. The maximum Gasteiger partial charge on any atom is 0.275 e. The van der Waals surface area contributed by atoms with Gasteiger partial charge in [0, 0.05) is 40.8 Å². The summed E-state index contributed by atoms with van der Waals surface area (Å²) in [7, 11) is 1.85. The normalized spacial score (nSPS) is 10.9. The molecule has 1 amide bonds. The molecule has 2 aromatic heterocycles. The SMILES string of the molecule is Cc1nn(C)c(C)c1-c1cc(C(=O)Nc2cc(Oc3ccc(Cl)cc3)cc([N+](=O)[O-])c2)c2ccccc2n1. The van der Waals surface area contributed by atoms with E-state index in [2.05, 4.69) is 10.4 Å². The van der Waals surface area contributed by atoms with Crippen LogP contribution >= 0.6 is 11.6 Å². The number of aromatic nitrogens is 3. The Labute approximate surface area is 222 Å². The minimum absolute atomic E-state index is 0.193. The highest BCUT2D eigenvalue weighted by Gasteiger charge is 2.20. The third-order valence-corrected chi connectivity index (χ3v) is 6.39. The minimum Gasteiger partial charge on any atom is -0.457 e. The number of para-hydroxylation sites is 1. The van der Waals surface area contributed by atoms with Crippen LogP contribution in [0.1, 0.15) is 21.7 Å². The molecule has 10 heteroatoms. The minimum atomic E-state index is -0.543. The summed E-state index contributed by atoms with van der Waals surface area (Å²) in [6.45, 7) is 3.83. The van der Waals surface area contributed by atoms with E-state index in [1.54, 1.807) is 35.0 Å². The van der Waals surface area contributed by atoms with Crippen LogP contribution in [0, 0.1) is 24.0 Å². The summed E-state index contributed by atoms with van der Waals surface area (Å²) in [6, 6.07) is 19.7. The van der Waals surface area contributed by atoms with Gasteiger partial charge in [0.25, 0.3) is 11.6 Å². The van der Waals surface area contributed by atoms with Gasteiger partial charge in [-0.25, -0.2) is 4.98 Å². The molecule has 2 heterocycles. The molecule has 0 spiro atoms. The summed E-state index contributed by atoms with van der Waals surface area (Å²) in [5, 5.41) is 20.1. The fraction of sp³-hybridized carbons (Fsp3) is 0.107. The molecule has 3 aromatic carbocycles. The molecule has 0 radical (unpaired) electrons. The van der Waals surface area contributed by atoms with Crippen LogP contribution in [0.3, 0.4) is 0 Å². The average molecular weight is 528 g/mol. The van der Waals surface area contributed by atoms with Crippen molar-refractivity contribution in [1.82, 2.24) is 14.8 Å². The molecule has 0 aliphatic heterocycles. The highest BCUT2D eigenvalue weighted by atomic mass is 35.5. The average Bonchev–Trinajstić information content (AvgIpc) is 3.15. The number of fused-ring (bicyclic) bond motifs is 1. The molecule has 38 heavy (non-hydrogen) atoms. The van der Waals surface area contributed by atoms with E-state index in [1.807, 2.05) is 45.2 Å². The fourth-order valence-corrected chi connectivity index (χ4v) is 4.42. The Morgan fingerprint density at radius 1 is 1.03 bits per heavy atom. The predicted octanol–water partition coefficient (Wildman–Crippen LogP) is 6.86. The lowest BCUT2D eigenvalue weighted by Crippen LogP contribution is -2.13. The van der Waals surface area contributed by atoms with Gasteiger partial charge in [0.1, 0.15) is 11.5 Å². The zero-order valence-electron chi connectivity index (χ0n) is 20.7. The molecule has 9 nitrogen and oxygen atoms in total. The number of hydrogen-bond acceptors (Lipinski definition) is 6. The van der Waals surface area contributed by atoms with Crippen molar-refractivity contribution in [3.8, 4) is 22.8 Å². The maximum atomic E-state index is 13.6. The van der Waals surface area contributed by atoms with Gasteiger partial charge in [-0.15, -0.1) is 0 Å². The van der Waals surface area contributed by atoms with E-state index in [0.29, 0.717) is 32.9 Å². The molecule has 0 unspecified atom stereocenters. The number of amides is 1. The summed E-state index contributed by atoms with van der Waals surface area (Å²) in [5.74, 6) is 0.194. The maximum absolute atomic E-state index is 13.6. The van der Waals surface area contributed by atoms with E-state index in [0.717, 1.165) is 17.0 Å². The highest BCUT2D eigenvalue weighted by molar-refractivity contribution is 6.30. The van der Waals surface area contributed by atoms with E-state index in [1.165, 1.54) is 18.2 Å². The third-order valence-electron chi connectivity index (χ3n) is 6.14. The number of carbonyl (C=O) groups excluding carboxylic acids is 1. The van der Waals surface area contributed by atoms with Gasteiger partial charge in [-0.2, -0.15) is 5.10 Å². The van der Waals surface area contributed by atoms with Crippen molar-refractivity contribution in [3.63, 3.8) is 0 Å². The summed E-state index contributed by atoms with van der Waals surface area (Å²) in [4.78, 5) is 29.4. The van der Waals surface area contributed by atoms with E-state index < -0.39 is 10.8 Å². The van der Waals surface area contributed by atoms with Crippen LogP contribution in [0.25, 0.3) is 22.2 Å². The summed E-state index contributed by atoms with van der Waals surface area (Å²) in [5.41, 5.74) is 4.17. The van der Waals surface area contributed by atoms with E-state index in [-0.39, 0.29) is 17.1 Å². The van der Waals surface area contributed by atoms with Crippen LogP contribution in [0.4, 0.5) is 11.4 Å². The van der Waals surface area contributed by atoms with Crippen LogP contribution in [-0.2, 0) is 7.05 Å². The van der Waals surface area contributed by atoms with Crippen LogP contribution < -0.4 is 10.1 Å². The molecule has 0 fully saturated rings. The molecular formula is C28H22ClN5O4. The topological polar surface area (TPSA) is 112 Å². The van der Waals surface area contributed by atoms with Crippen molar-refractivity contribution >= 4 is 39.8 Å². The number of nitrogens with zero attached hydrogens (tertiary/aromatic N) is 4. The highest BCUT2D eigenvalue weighted by Crippen LogP contribution is 2.32. The van der Waals surface area contributed by atoms with E-state index in [9.17, 15) is 14.9 Å². The second kappa shape index (κ2) is 9.95. The quantitative estimate of drug-likeness (QED) is 0.191. The molecular weight excluding hydrogens is 506 g/mol. The van der Waals surface area contributed by atoms with Crippen molar-refractivity contribution < 1.29 is 14.5 Å². The Morgan fingerprint density at radius 2 is 1.76 bits per heavy atom. The summed E-state index contributed by atoms with van der Waals surface area (Å²) in [6.07, 6.45) is 0. The van der Waals surface area contributed by atoms with Gasteiger partial charge in [0.05, 0.1) is 39.1 Å². The first kappa shape index (κ1) is 24.9. The van der Waals surface area contributed by atoms with Crippen molar-refractivity contribution in [2.24, 2.45) is 7.05 Å². The first-order valence-electron chi connectivity index (χ1n) is 11.6. The number of benzene rings is 3. The van der Waals surface area contributed by atoms with E-state index >= 15 is 0 Å². The van der Waals surface area contributed by atoms with Crippen LogP contribution in [0.5, 0.6) is 11.5 Å². The molecule has 0 bridgehead atoms. The van der Waals surface area contributed by atoms with Gasteiger partial charge >= 0.3 is 0 Å². The number of rotatable bonds is 6. The Bertz CT molecular complexity index is 1710. The molecule has 190 valence electrons. The second-order valence-electron chi connectivity index (χ2n) is 8.72. The molecule has 0 saturated carbocycles. The molecule has 0 atom stereocenters. The van der Waals surface area contributed by atoms with Crippen molar-refractivity contribution in [1.29, 1.82) is 0 Å².